The number of anilines is 1. The lowest BCUT2D eigenvalue weighted by atomic mass is 10.3. The normalized spacial score (nSPS) is 10.9. The minimum atomic E-state index is -0.736. The Morgan fingerprint density at radius 1 is 1.16 bits per heavy atom. The van der Waals surface area contributed by atoms with Crippen LogP contribution in [0.4, 0.5) is 14.6 Å². The Morgan fingerprint density at radius 3 is 2.74 bits per heavy atom. The Labute approximate surface area is 107 Å². The summed E-state index contributed by atoms with van der Waals surface area (Å²) in [6.07, 6.45) is 1.47. The molecule has 0 saturated carbocycles. The van der Waals surface area contributed by atoms with Crippen LogP contribution in [0, 0.1) is 11.6 Å². The van der Waals surface area contributed by atoms with Gasteiger partial charge in [0.1, 0.15) is 6.33 Å². The van der Waals surface area contributed by atoms with Gasteiger partial charge in [-0.2, -0.15) is 0 Å². The van der Waals surface area contributed by atoms with Crippen molar-refractivity contribution in [3.8, 4) is 5.82 Å². The summed E-state index contributed by atoms with van der Waals surface area (Å²) >= 11 is 0. The third-order valence-electron chi connectivity index (χ3n) is 2.83. The van der Waals surface area contributed by atoms with Gasteiger partial charge in [0.15, 0.2) is 23.3 Å². The predicted octanol–water partition coefficient (Wildman–Crippen LogP) is 2.74. The van der Waals surface area contributed by atoms with Crippen LogP contribution in [0.5, 0.6) is 0 Å². The summed E-state index contributed by atoms with van der Waals surface area (Å²) in [5, 5.41) is 2.59. The van der Waals surface area contributed by atoms with Crippen LogP contribution in [-0.2, 0) is 0 Å². The van der Waals surface area contributed by atoms with Crippen molar-refractivity contribution in [2.75, 3.05) is 12.4 Å². The van der Waals surface area contributed by atoms with Crippen LogP contribution in [0.1, 0.15) is 0 Å². The van der Waals surface area contributed by atoms with Crippen molar-refractivity contribution in [2.45, 2.75) is 0 Å². The number of nitrogens with zero attached hydrogens (tertiary/aromatic N) is 3. The fourth-order valence-corrected chi connectivity index (χ4v) is 1.93. The predicted molar refractivity (Wildman–Crippen MR) is 68.3 cm³/mol. The second kappa shape index (κ2) is 4.31. The Balaban J connectivity index is 2.27. The fourth-order valence-electron chi connectivity index (χ4n) is 1.93. The lowest BCUT2D eigenvalue weighted by Crippen LogP contribution is -2.05. The molecule has 6 heteroatoms. The smallest absolute Gasteiger partial charge is 0.177 e. The summed E-state index contributed by atoms with van der Waals surface area (Å²) in [6.45, 7) is 0. The quantitative estimate of drug-likeness (QED) is 0.770. The van der Waals surface area contributed by atoms with E-state index in [1.807, 2.05) is 18.2 Å². The molecule has 4 nitrogen and oxygen atoms in total. The molecule has 2 aromatic heterocycles. The molecule has 0 fully saturated rings. The van der Waals surface area contributed by atoms with Gasteiger partial charge in [0.25, 0.3) is 0 Å². The van der Waals surface area contributed by atoms with Gasteiger partial charge in [0, 0.05) is 13.1 Å². The van der Waals surface area contributed by atoms with E-state index in [1.165, 1.54) is 17.9 Å². The monoisotopic (exact) mass is 260 g/mol. The van der Waals surface area contributed by atoms with Crippen molar-refractivity contribution in [3.05, 3.63) is 48.3 Å². The molecular formula is C13H10F2N4. The standard InChI is InChI=1S/C13H10F2N4/c1-16-12-8(14)6-9(15)13(18-12)19-7-17-10-4-2-3-5-11(10)19/h2-7H,1H3,(H,16,18). The molecule has 0 aliphatic carbocycles. The molecule has 0 saturated heterocycles. The molecule has 0 amide bonds. The molecule has 0 radical (unpaired) electrons. The van der Waals surface area contributed by atoms with E-state index in [0.717, 1.165) is 11.6 Å². The van der Waals surface area contributed by atoms with E-state index in [2.05, 4.69) is 15.3 Å². The van der Waals surface area contributed by atoms with E-state index in [0.29, 0.717) is 5.52 Å². The van der Waals surface area contributed by atoms with Crippen molar-refractivity contribution in [3.63, 3.8) is 0 Å². The summed E-state index contributed by atoms with van der Waals surface area (Å²) in [5.74, 6) is -1.46. The van der Waals surface area contributed by atoms with Crippen LogP contribution < -0.4 is 5.32 Å². The van der Waals surface area contributed by atoms with Gasteiger partial charge in [0.05, 0.1) is 11.0 Å². The molecule has 2 heterocycles. The van der Waals surface area contributed by atoms with Crippen LogP contribution in [0.3, 0.4) is 0 Å². The number of fused-ring (bicyclic) bond motifs is 1. The first-order valence-corrected chi connectivity index (χ1v) is 5.67. The highest BCUT2D eigenvalue weighted by atomic mass is 19.1. The second-order valence-corrected chi connectivity index (χ2v) is 3.98. The summed E-state index contributed by atoms with van der Waals surface area (Å²) in [5.41, 5.74) is 1.43. The number of para-hydroxylation sites is 2. The van der Waals surface area contributed by atoms with Crippen LogP contribution in [0.2, 0.25) is 0 Å². The van der Waals surface area contributed by atoms with Gasteiger partial charge in [-0.25, -0.2) is 18.7 Å². The third kappa shape index (κ3) is 1.81. The molecule has 0 unspecified atom stereocenters. The zero-order valence-electron chi connectivity index (χ0n) is 10.1. The first kappa shape index (κ1) is 11.6. The zero-order valence-corrected chi connectivity index (χ0v) is 10.1. The first-order valence-electron chi connectivity index (χ1n) is 5.67. The number of rotatable bonds is 2. The van der Waals surface area contributed by atoms with Crippen molar-refractivity contribution in [1.82, 2.24) is 14.5 Å². The molecule has 0 bridgehead atoms. The number of hydrogen-bond acceptors (Lipinski definition) is 3. The Kier molecular flexibility index (Phi) is 2.63. The molecule has 0 aliphatic heterocycles. The second-order valence-electron chi connectivity index (χ2n) is 3.98. The van der Waals surface area contributed by atoms with E-state index in [4.69, 9.17) is 0 Å². The van der Waals surface area contributed by atoms with Crippen LogP contribution in [0.25, 0.3) is 16.9 Å². The van der Waals surface area contributed by atoms with E-state index >= 15 is 0 Å². The SMILES string of the molecule is CNc1nc(-n2cnc3ccccc32)c(F)cc1F. The van der Waals surface area contributed by atoms with Gasteiger partial charge in [-0.15, -0.1) is 0 Å². The lowest BCUT2D eigenvalue weighted by Gasteiger charge is -2.08. The average molecular weight is 260 g/mol. The molecular weight excluding hydrogens is 250 g/mol. The van der Waals surface area contributed by atoms with Gasteiger partial charge >= 0.3 is 0 Å². The molecule has 0 spiro atoms. The Bertz CT molecular complexity index is 751. The number of halogens is 2. The van der Waals surface area contributed by atoms with Crippen molar-refractivity contribution in [2.24, 2.45) is 0 Å². The lowest BCUT2D eigenvalue weighted by molar-refractivity contribution is 0.570. The Hall–Kier alpha value is -2.50. The zero-order chi connectivity index (χ0) is 13.4. The third-order valence-corrected chi connectivity index (χ3v) is 2.83. The number of imidazole rings is 1. The minimum absolute atomic E-state index is 0.00539. The number of benzene rings is 1. The highest BCUT2D eigenvalue weighted by Crippen LogP contribution is 2.22. The number of aromatic nitrogens is 3. The van der Waals surface area contributed by atoms with Crippen LogP contribution >= 0.6 is 0 Å². The topological polar surface area (TPSA) is 42.7 Å². The van der Waals surface area contributed by atoms with Crippen molar-refractivity contribution >= 4 is 16.9 Å². The summed E-state index contributed by atoms with van der Waals surface area (Å²) < 4.78 is 28.8. The number of hydrogen-bond donors (Lipinski definition) is 1. The van der Waals surface area contributed by atoms with Crippen LogP contribution in [-0.4, -0.2) is 21.6 Å². The van der Waals surface area contributed by atoms with Gasteiger partial charge in [-0.1, -0.05) is 12.1 Å². The highest BCUT2D eigenvalue weighted by molar-refractivity contribution is 5.76. The van der Waals surface area contributed by atoms with Crippen LogP contribution in [0.15, 0.2) is 36.7 Å². The fraction of sp³-hybridized carbons (Fsp3) is 0.0769. The molecule has 19 heavy (non-hydrogen) atoms. The van der Waals surface area contributed by atoms with Gasteiger partial charge in [0.2, 0.25) is 0 Å². The Morgan fingerprint density at radius 2 is 1.95 bits per heavy atom. The maximum absolute atomic E-state index is 13.9. The maximum atomic E-state index is 13.9. The summed E-state index contributed by atoms with van der Waals surface area (Å²) in [6, 6.07) is 8.08. The molecule has 1 aromatic carbocycles. The van der Waals surface area contributed by atoms with Crippen molar-refractivity contribution in [1.29, 1.82) is 0 Å². The van der Waals surface area contributed by atoms with Gasteiger partial charge in [-0.05, 0) is 12.1 Å². The van der Waals surface area contributed by atoms with Gasteiger partial charge in [-0.3, -0.25) is 4.57 Å². The van der Waals surface area contributed by atoms with E-state index < -0.39 is 11.6 Å². The van der Waals surface area contributed by atoms with Crippen molar-refractivity contribution < 1.29 is 8.78 Å². The largest absolute Gasteiger partial charge is 0.371 e. The molecule has 3 rings (SSSR count). The van der Waals surface area contributed by atoms with E-state index in [-0.39, 0.29) is 11.6 Å². The number of nitrogens with one attached hydrogen (secondary N) is 1. The van der Waals surface area contributed by atoms with E-state index in [9.17, 15) is 8.78 Å². The maximum Gasteiger partial charge on any atom is 0.177 e. The summed E-state index contributed by atoms with van der Waals surface area (Å²) in [4.78, 5) is 8.10. The molecule has 0 aliphatic rings. The molecule has 1 N–H and O–H groups in total. The number of pyridine rings is 1. The summed E-state index contributed by atoms with van der Waals surface area (Å²) in [7, 11) is 1.53. The van der Waals surface area contributed by atoms with E-state index in [1.54, 1.807) is 6.07 Å². The molecule has 0 atom stereocenters. The average Bonchev–Trinajstić information content (AvgIpc) is 2.83. The highest BCUT2D eigenvalue weighted by Gasteiger charge is 2.14. The molecule has 3 aromatic rings. The minimum Gasteiger partial charge on any atom is -0.371 e. The van der Waals surface area contributed by atoms with Gasteiger partial charge < -0.3 is 5.32 Å². The molecule has 96 valence electrons. The first-order chi connectivity index (χ1) is 9.20.